The molecule has 5 heteroatoms. The molecular formula is C23H26N2O3. The van der Waals surface area contributed by atoms with Gasteiger partial charge in [0.1, 0.15) is 18.1 Å². The topological polar surface area (TPSA) is 45.0 Å². The van der Waals surface area contributed by atoms with Crippen molar-refractivity contribution in [3.05, 3.63) is 65.9 Å². The molecule has 3 aromatic rings. The fraction of sp³-hybridized carbons (Fsp3) is 0.261. The van der Waals surface area contributed by atoms with Crippen molar-refractivity contribution in [2.75, 3.05) is 20.8 Å². The van der Waals surface area contributed by atoms with Crippen LogP contribution in [0.5, 0.6) is 11.5 Å². The average Bonchev–Trinajstić information content (AvgIpc) is 3.09. The van der Waals surface area contributed by atoms with E-state index in [1.165, 1.54) is 0 Å². The van der Waals surface area contributed by atoms with Crippen molar-refractivity contribution >= 4 is 5.71 Å². The molecule has 0 amide bonds. The van der Waals surface area contributed by atoms with Gasteiger partial charge in [-0.2, -0.15) is 0 Å². The molecule has 0 unspecified atom stereocenters. The van der Waals surface area contributed by atoms with E-state index in [4.69, 9.17) is 14.3 Å². The van der Waals surface area contributed by atoms with E-state index in [1.54, 1.807) is 14.2 Å². The predicted molar refractivity (Wildman–Crippen MR) is 113 cm³/mol. The van der Waals surface area contributed by atoms with Crippen LogP contribution >= 0.6 is 0 Å². The van der Waals surface area contributed by atoms with Gasteiger partial charge in [0.2, 0.25) is 0 Å². The van der Waals surface area contributed by atoms with Crippen LogP contribution in [0.15, 0.2) is 59.8 Å². The lowest BCUT2D eigenvalue weighted by Crippen LogP contribution is -2.03. The number of hydrogen-bond acceptors (Lipinski definition) is 4. The second-order valence-electron chi connectivity index (χ2n) is 6.39. The van der Waals surface area contributed by atoms with Crippen molar-refractivity contribution in [1.29, 1.82) is 0 Å². The van der Waals surface area contributed by atoms with Crippen LogP contribution in [0.4, 0.5) is 0 Å². The molecule has 5 nitrogen and oxygen atoms in total. The van der Waals surface area contributed by atoms with Crippen molar-refractivity contribution in [3.63, 3.8) is 0 Å². The van der Waals surface area contributed by atoms with Crippen LogP contribution in [0, 0.1) is 6.92 Å². The summed E-state index contributed by atoms with van der Waals surface area (Å²) in [5.41, 5.74) is 6.07. The molecule has 2 aromatic carbocycles. The molecule has 146 valence electrons. The predicted octanol–water partition coefficient (Wildman–Crippen LogP) is 5.23. The summed E-state index contributed by atoms with van der Waals surface area (Å²) in [6.45, 7) is 6.51. The molecule has 0 spiro atoms. The maximum atomic E-state index is 5.43. The fourth-order valence-corrected chi connectivity index (χ4v) is 3.26. The van der Waals surface area contributed by atoms with Gasteiger partial charge in [-0.05, 0) is 51.1 Å². The maximum absolute atomic E-state index is 5.43. The third-order valence-corrected chi connectivity index (χ3v) is 4.64. The Hall–Kier alpha value is -3.21. The highest BCUT2D eigenvalue weighted by Crippen LogP contribution is 2.32. The van der Waals surface area contributed by atoms with Gasteiger partial charge in [0.15, 0.2) is 0 Å². The van der Waals surface area contributed by atoms with Gasteiger partial charge >= 0.3 is 0 Å². The van der Waals surface area contributed by atoms with Gasteiger partial charge in [0.25, 0.3) is 0 Å². The van der Waals surface area contributed by atoms with Crippen molar-refractivity contribution in [2.24, 2.45) is 5.16 Å². The number of nitrogens with zero attached hydrogens (tertiary/aromatic N) is 2. The molecule has 1 aromatic heterocycles. The Kier molecular flexibility index (Phi) is 6.04. The Morgan fingerprint density at radius 2 is 1.64 bits per heavy atom. The van der Waals surface area contributed by atoms with Crippen LogP contribution < -0.4 is 9.47 Å². The highest BCUT2D eigenvalue weighted by atomic mass is 16.6. The van der Waals surface area contributed by atoms with Crippen LogP contribution in [-0.2, 0) is 4.84 Å². The van der Waals surface area contributed by atoms with Crippen LogP contribution in [-0.4, -0.2) is 31.1 Å². The summed E-state index contributed by atoms with van der Waals surface area (Å²) in [4.78, 5) is 5.28. The van der Waals surface area contributed by atoms with Gasteiger partial charge in [0, 0.05) is 28.6 Å². The Balaban J connectivity index is 2.24. The average molecular weight is 378 g/mol. The monoisotopic (exact) mass is 378 g/mol. The van der Waals surface area contributed by atoms with E-state index >= 15 is 0 Å². The van der Waals surface area contributed by atoms with E-state index in [-0.39, 0.29) is 0 Å². The molecule has 0 atom stereocenters. The molecule has 0 radical (unpaired) electrons. The molecule has 0 aliphatic carbocycles. The quantitative estimate of drug-likeness (QED) is 0.418. The number of methoxy groups -OCH3 is 2. The van der Waals surface area contributed by atoms with Gasteiger partial charge in [0.05, 0.1) is 25.6 Å². The largest absolute Gasteiger partial charge is 0.497 e. The van der Waals surface area contributed by atoms with Crippen LogP contribution in [0.3, 0.4) is 0 Å². The van der Waals surface area contributed by atoms with Gasteiger partial charge in [-0.1, -0.05) is 23.4 Å². The zero-order chi connectivity index (χ0) is 20.1. The van der Waals surface area contributed by atoms with Crippen molar-refractivity contribution in [3.8, 4) is 28.4 Å². The molecule has 0 aliphatic rings. The van der Waals surface area contributed by atoms with Gasteiger partial charge in [-0.3, -0.25) is 0 Å². The van der Waals surface area contributed by atoms with Gasteiger partial charge in [-0.15, -0.1) is 0 Å². The van der Waals surface area contributed by atoms with E-state index in [9.17, 15) is 0 Å². The Bertz CT molecular complexity index is 989. The smallest absolute Gasteiger partial charge is 0.120 e. The first-order valence-corrected chi connectivity index (χ1v) is 9.27. The summed E-state index contributed by atoms with van der Waals surface area (Å²) in [5, 5.41) is 4.24. The Labute approximate surface area is 166 Å². The van der Waals surface area contributed by atoms with E-state index in [0.717, 1.165) is 45.4 Å². The summed E-state index contributed by atoms with van der Waals surface area (Å²) in [6, 6.07) is 18.2. The number of hydrogen-bond donors (Lipinski definition) is 0. The van der Waals surface area contributed by atoms with Crippen LogP contribution in [0.25, 0.3) is 16.9 Å². The zero-order valence-electron chi connectivity index (χ0n) is 17.0. The fourth-order valence-electron chi connectivity index (χ4n) is 3.26. The summed E-state index contributed by atoms with van der Waals surface area (Å²) in [6.07, 6.45) is 0. The first-order valence-electron chi connectivity index (χ1n) is 9.27. The maximum Gasteiger partial charge on any atom is 0.120 e. The number of benzene rings is 2. The third kappa shape index (κ3) is 3.88. The molecule has 0 aliphatic heterocycles. The first-order chi connectivity index (χ1) is 13.6. The number of oxime groups is 1. The Morgan fingerprint density at radius 1 is 0.964 bits per heavy atom. The molecule has 0 saturated heterocycles. The van der Waals surface area contributed by atoms with Crippen molar-refractivity contribution < 1.29 is 14.3 Å². The van der Waals surface area contributed by atoms with E-state index < -0.39 is 0 Å². The summed E-state index contributed by atoms with van der Waals surface area (Å²) in [5.74, 6) is 1.62. The molecule has 0 N–H and O–H groups in total. The minimum absolute atomic E-state index is 0.537. The highest BCUT2D eigenvalue weighted by Gasteiger charge is 2.18. The molecular weight excluding hydrogens is 352 g/mol. The van der Waals surface area contributed by atoms with Crippen LogP contribution in [0.1, 0.15) is 25.1 Å². The van der Waals surface area contributed by atoms with Gasteiger partial charge < -0.3 is 18.9 Å². The lowest BCUT2D eigenvalue weighted by molar-refractivity contribution is 0.159. The molecule has 0 saturated carbocycles. The van der Waals surface area contributed by atoms with Crippen molar-refractivity contribution in [1.82, 2.24) is 4.57 Å². The van der Waals surface area contributed by atoms with E-state index in [0.29, 0.717) is 6.61 Å². The second kappa shape index (κ2) is 8.65. The molecule has 1 heterocycles. The lowest BCUT2D eigenvalue weighted by Gasteiger charge is -2.14. The van der Waals surface area contributed by atoms with E-state index in [2.05, 4.69) is 34.8 Å². The second-order valence-corrected chi connectivity index (χ2v) is 6.39. The number of rotatable bonds is 7. The Morgan fingerprint density at radius 3 is 2.32 bits per heavy atom. The molecule has 0 bridgehead atoms. The highest BCUT2D eigenvalue weighted by molar-refractivity contribution is 6.01. The standard InChI is InChI=1S/C23H26N2O3/c1-6-28-24-16(2)22-15-23(18-9-7-11-20(13-18)26-4)25(17(22)3)19-10-8-12-21(14-19)27-5/h7-15H,6H2,1-5H3/b24-16+. The first kappa shape index (κ1) is 19.5. The zero-order valence-corrected chi connectivity index (χ0v) is 17.0. The number of ether oxygens (including phenoxy) is 2. The minimum Gasteiger partial charge on any atom is -0.497 e. The van der Waals surface area contributed by atoms with Crippen molar-refractivity contribution in [2.45, 2.75) is 20.8 Å². The minimum atomic E-state index is 0.537. The summed E-state index contributed by atoms with van der Waals surface area (Å²) >= 11 is 0. The molecule has 0 fully saturated rings. The molecule has 28 heavy (non-hydrogen) atoms. The normalized spacial score (nSPS) is 11.4. The third-order valence-electron chi connectivity index (χ3n) is 4.64. The number of aromatic nitrogens is 1. The van der Waals surface area contributed by atoms with Gasteiger partial charge in [-0.25, -0.2) is 0 Å². The SMILES string of the molecule is CCO/N=C(\C)c1cc(-c2cccc(OC)c2)n(-c2cccc(OC)c2)c1C. The van der Waals surface area contributed by atoms with Crippen LogP contribution in [0.2, 0.25) is 0 Å². The summed E-state index contributed by atoms with van der Waals surface area (Å²) in [7, 11) is 3.35. The summed E-state index contributed by atoms with van der Waals surface area (Å²) < 4.78 is 13.1. The van der Waals surface area contributed by atoms with E-state index in [1.807, 2.05) is 50.2 Å². The lowest BCUT2D eigenvalue weighted by atomic mass is 10.1. The molecule has 3 rings (SSSR count).